The van der Waals surface area contributed by atoms with E-state index >= 15 is 0 Å². The van der Waals surface area contributed by atoms with Crippen molar-refractivity contribution in [2.24, 2.45) is 11.8 Å². The zero-order chi connectivity index (χ0) is 12.8. The van der Waals surface area contributed by atoms with Crippen molar-refractivity contribution in [1.82, 2.24) is 5.32 Å². The van der Waals surface area contributed by atoms with E-state index in [1.54, 1.807) is 0 Å². The third kappa shape index (κ3) is 4.45. The molecule has 0 atom stereocenters. The topological polar surface area (TPSA) is 12.0 Å². The molecule has 2 rings (SSSR count). The minimum Gasteiger partial charge on any atom is -0.313 e. The predicted molar refractivity (Wildman–Crippen MR) is 78.6 cm³/mol. The Labute approximate surface area is 112 Å². The van der Waals surface area contributed by atoms with Crippen LogP contribution < -0.4 is 5.32 Å². The van der Waals surface area contributed by atoms with E-state index in [1.165, 1.54) is 49.8 Å². The summed E-state index contributed by atoms with van der Waals surface area (Å²) >= 11 is 0. The molecule has 0 unspecified atom stereocenters. The lowest BCUT2D eigenvalue weighted by atomic mass is 9.81. The van der Waals surface area contributed by atoms with E-state index in [2.05, 4.69) is 43.4 Å². The Bertz CT molecular complexity index is 333. The number of hydrogen-bond donors (Lipinski definition) is 1. The highest BCUT2D eigenvalue weighted by molar-refractivity contribution is 5.20. The molecule has 0 heterocycles. The van der Waals surface area contributed by atoms with Crippen molar-refractivity contribution < 1.29 is 0 Å². The van der Waals surface area contributed by atoms with Gasteiger partial charge in [0.25, 0.3) is 0 Å². The van der Waals surface area contributed by atoms with E-state index in [4.69, 9.17) is 0 Å². The molecule has 0 bridgehead atoms. The third-order valence-electron chi connectivity index (χ3n) is 4.31. The van der Waals surface area contributed by atoms with Crippen LogP contribution in [0.1, 0.15) is 50.2 Å². The van der Waals surface area contributed by atoms with Gasteiger partial charge in [0, 0.05) is 6.54 Å². The zero-order valence-corrected chi connectivity index (χ0v) is 11.9. The van der Waals surface area contributed by atoms with E-state index in [0.717, 1.165) is 18.4 Å². The Hall–Kier alpha value is -0.820. The van der Waals surface area contributed by atoms with E-state index in [0.29, 0.717) is 0 Å². The molecule has 1 aliphatic carbocycles. The molecule has 0 saturated heterocycles. The quantitative estimate of drug-likeness (QED) is 0.763. The lowest BCUT2D eigenvalue weighted by molar-refractivity contribution is 0.275. The van der Waals surface area contributed by atoms with Gasteiger partial charge in [-0.15, -0.1) is 0 Å². The van der Waals surface area contributed by atoms with Crippen molar-refractivity contribution in [1.29, 1.82) is 0 Å². The average molecular weight is 245 g/mol. The lowest BCUT2D eigenvalue weighted by Gasteiger charge is -2.26. The Morgan fingerprint density at radius 3 is 2.39 bits per heavy atom. The molecule has 0 aromatic heterocycles. The third-order valence-corrected chi connectivity index (χ3v) is 4.31. The fraction of sp³-hybridized carbons (Fsp3) is 0.647. The second kappa shape index (κ2) is 6.94. The summed E-state index contributed by atoms with van der Waals surface area (Å²) in [5, 5.41) is 3.58. The van der Waals surface area contributed by atoms with Crippen molar-refractivity contribution in [3.05, 3.63) is 35.4 Å². The van der Waals surface area contributed by atoms with Gasteiger partial charge in [-0.05, 0) is 37.3 Å². The molecule has 1 nitrogen and oxygen atoms in total. The Kier molecular flexibility index (Phi) is 5.25. The number of hydrogen-bond acceptors (Lipinski definition) is 1. The van der Waals surface area contributed by atoms with Gasteiger partial charge in [-0.2, -0.15) is 0 Å². The Morgan fingerprint density at radius 1 is 1.06 bits per heavy atom. The fourth-order valence-electron chi connectivity index (χ4n) is 2.86. The van der Waals surface area contributed by atoms with Gasteiger partial charge in [0.15, 0.2) is 0 Å². The summed E-state index contributed by atoms with van der Waals surface area (Å²) in [6, 6.07) is 8.84. The van der Waals surface area contributed by atoms with Gasteiger partial charge in [-0.1, -0.05) is 62.4 Å². The molecule has 1 heteroatoms. The molecule has 18 heavy (non-hydrogen) atoms. The summed E-state index contributed by atoms with van der Waals surface area (Å²) in [4.78, 5) is 0. The minimum absolute atomic E-state index is 0.974. The van der Waals surface area contributed by atoms with Crippen molar-refractivity contribution in [2.45, 2.75) is 52.5 Å². The van der Waals surface area contributed by atoms with E-state index in [9.17, 15) is 0 Å². The Balaban J connectivity index is 1.60. The molecule has 1 fully saturated rings. The smallest absolute Gasteiger partial charge is 0.0205 e. The molecular weight excluding hydrogens is 218 g/mol. The molecule has 1 aliphatic rings. The second-order valence-electron chi connectivity index (χ2n) is 6.08. The van der Waals surface area contributed by atoms with E-state index in [1.807, 2.05) is 0 Å². The van der Waals surface area contributed by atoms with Crippen LogP contribution in [-0.4, -0.2) is 6.54 Å². The van der Waals surface area contributed by atoms with Crippen LogP contribution in [0.2, 0.25) is 0 Å². The van der Waals surface area contributed by atoms with Gasteiger partial charge >= 0.3 is 0 Å². The van der Waals surface area contributed by atoms with Crippen molar-refractivity contribution >= 4 is 0 Å². The zero-order valence-electron chi connectivity index (χ0n) is 11.9. The van der Waals surface area contributed by atoms with Crippen LogP contribution in [0.15, 0.2) is 24.3 Å². The summed E-state index contributed by atoms with van der Waals surface area (Å²) in [5.41, 5.74) is 2.74. The highest BCUT2D eigenvalue weighted by Gasteiger charge is 2.17. The van der Waals surface area contributed by atoms with Crippen molar-refractivity contribution in [3.63, 3.8) is 0 Å². The molecule has 0 radical (unpaired) electrons. The predicted octanol–water partition coefficient (Wildman–Crippen LogP) is 4.30. The molecule has 1 aromatic rings. The largest absolute Gasteiger partial charge is 0.313 e. The summed E-state index contributed by atoms with van der Waals surface area (Å²) in [6.07, 6.45) is 7.16. The maximum atomic E-state index is 3.58. The second-order valence-corrected chi connectivity index (χ2v) is 6.08. The number of rotatable bonds is 5. The summed E-state index contributed by atoms with van der Waals surface area (Å²) < 4.78 is 0. The normalized spacial score (nSPS) is 24.1. The van der Waals surface area contributed by atoms with Crippen LogP contribution in [-0.2, 0) is 6.54 Å². The molecule has 1 N–H and O–H groups in total. The first-order valence-corrected chi connectivity index (χ1v) is 7.50. The first kappa shape index (κ1) is 13.6. The van der Waals surface area contributed by atoms with Gasteiger partial charge in [0.05, 0.1) is 0 Å². The SMILES string of the molecule is Cc1ccc(CNCCC2CCC(C)CC2)cc1. The highest BCUT2D eigenvalue weighted by atomic mass is 14.8. The minimum atomic E-state index is 0.974. The molecular formula is C17H27N. The van der Waals surface area contributed by atoms with Gasteiger partial charge in [-0.3, -0.25) is 0 Å². The molecule has 0 amide bonds. The Morgan fingerprint density at radius 2 is 1.72 bits per heavy atom. The van der Waals surface area contributed by atoms with Gasteiger partial charge in [0.2, 0.25) is 0 Å². The monoisotopic (exact) mass is 245 g/mol. The number of aryl methyl sites for hydroxylation is 1. The highest BCUT2D eigenvalue weighted by Crippen LogP contribution is 2.29. The van der Waals surface area contributed by atoms with Crippen molar-refractivity contribution in [2.75, 3.05) is 6.54 Å². The first-order chi connectivity index (χ1) is 8.74. The van der Waals surface area contributed by atoms with Gasteiger partial charge < -0.3 is 5.32 Å². The van der Waals surface area contributed by atoms with E-state index in [-0.39, 0.29) is 0 Å². The van der Waals surface area contributed by atoms with Gasteiger partial charge in [0.1, 0.15) is 0 Å². The molecule has 100 valence electrons. The lowest BCUT2D eigenvalue weighted by Crippen LogP contribution is -2.20. The van der Waals surface area contributed by atoms with Crippen LogP contribution >= 0.6 is 0 Å². The average Bonchev–Trinajstić information content (AvgIpc) is 2.39. The summed E-state index contributed by atoms with van der Waals surface area (Å²) in [5.74, 6) is 1.95. The molecule has 1 saturated carbocycles. The number of benzene rings is 1. The van der Waals surface area contributed by atoms with E-state index < -0.39 is 0 Å². The summed E-state index contributed by atoms with van der Waals surface area (Å²) in [7, 11) is 0. The maximum absolute atomic E-state index is 3.58. The van der Waals surface area contributed by atoms with Crippen LogP contribution in [0, 0.1) is 18.8 Å². The van der Waals surface area contributed by atoms with Crippen LogP contribution in [0.4, 0.5) is 0 Å². The molecule has 0 spiro atoms. The van der Waals surface area contributed by atoms with Crippen molar-refractivity contribution in [3.8, 4) is 0 Å². The number of nitrogens with one attached hydrogen (secondary N) is 1. The standard InChI is InChI=1S/C17H27N/c1-14-3-7-16(8-4-14)11-12-18-13-17-9-5-15(2)6-10-17/h5-6,9-10,14,16,18H,3-4,7-8,11-13H2,1-2H3. The van der Waals surface area contributed by atoms with Crippen LogP contribution in [0.3, 0.4) is 0 Å². The first-order valence-electron chi connectivity index (χ1n) is 7.50. The van der Waals surface area contributed by atoms with Gasteiger partial charge in [-0.25, -0.2) is 0 Å². The summed E-state index contributed by atoms with van der Waals surface area (Å²) in [6.45, 7) is 6.73. The van der Waals surface area contributed by atoms with Crippen LogP contribution in [0.5, 0.6) is 0 Å². The maximum Gasteiger partial charge on any atom is 0.0205 e. The van der Waals surface area contributed by atoms with Crippen LogP contribution in [0.25, 0.3) is 0 Å². The molecule has 0 aliphatic heterocycles. The molecule has 1 aromatic carbocycles. The fourth-order valence-corrected chi connectivity index (χ4v) is 2.86.